The number of amides is 1. The minimum absolute atomic E-state index is 0.155. The Hall–Kier alpha value is -1.65. The highest BCUT2D eigenvalue weighted by atomic mass is 32.1. The molecule has 1 N–H and O–H groups in total. The molecule has 1 aromatic heterocycles. The molecule has 0 saturated heterocycles. The maximum absolute atomic E-state index is 11.7. The lowest BCUT2D eigenvalue weighted by Crippen LogP contribution is -2.31. The Labute approximate surface area is 128 Å². The van der Waals surface area contributed by atoms with Gasteiger partial charge in [0.15, 0.2) is 0 Å². The summed E-state index contributed by atoms with van der Waals surface area (Å²) in [7, 11) is 1.81. The van der Waals surface area contributed by atoms with E-state index in [-0.39, 0.29) is 5.91 Å². The first-order valence-electron chi connectivity index (χ1n) is 7.25. The summed E-state index contributed by atoms with van der Waals surface area (Å²) in [4.78, 5) is 14.5. The first-order chi connectivity index (χ1) is 10.1. The van der Waals surface area contributed by atoms with Gasteiger partial charge in [0.2, 0.25) is 5.91 Å². The second-order valence-corrected chi connectivity index (χ2v) is 6.35. The molecule has 4 heteroatoms. The van der Waals surface area contributed by atoms with Gasteiger partial charge in [-0.3, -0.25) is 4.79 Å². The molecule has 0 radical (unpaired) electrons. The molecule has 1 aliphatic heterocycles. The van der Waals surface area contributed by atoms with Gasteiger partial charge in [0, 0.05) is 24.0 Å². The number of hydrogen-bond donors (Lipinski definition) is 1. The molecule has 0 bridgehead atoms. The molecule has 0 saturated carbocycles. The Morgan fingerprint density at radius 1 is 1.33 bits per heavy atom. The van der Waals surface area contributed by atoms with Crippen LogP contribution in [0.2, 0.25) is 0 Å². The third kappa shape index (κ3) is 2.49. The predicted octanol–water partition coefficient (Wildman–Crippen LogP) is 3.30. The molecule has 1 aliphatic rings. The Bertz CT molecular complexity index is 677. The molecule has 110 valence electrons. The molecule has 1 unspecified atom stereocenters. The zero-order valence-electron chi connectivity index (χ0n) is 12.3. The van der Waals surface area contributed by atoms with Crippen LogP contribution in [0.15, 0.2) is 29.6 Å². The number of nitrogens with zero attached hydrogens (tertiary/aromatic N) is 1. The van der Waals surface area contributed by atoms with Crippen molar-refractivity contribution in [1.82, 2.24) is 0 Å². The number of benzene rings is 1. The van der Waals surface area contributed by atoms with Crippen LogP contribution in [0.4, 0.5) is 5.69 Å². The molecule has 1 aromatic carbocycles. The van der Waals surface area contributed by atoms with Gasteiger partial charge in [0.25, 0.3) is 0 Å². The van der Waals surface area contributed by atoms with Crippen molar-refractivity contribution in [3.63, 3.8) is 0 Å². The van der Waals surface area contributed by atoms with Crippen LogP contribution in [0.3, 0.4) is 0 Å². The fraction of sp³-hybridized carbons (Fsp3) is 0.353. The van der Waals surface area contributed by atoms with E-state index in [2.05, 4.69) is 13.0 Å². The molecule has 2 aromatic rings. The van der Waals surface area contributed by atoms with Gasteiger partial charge in [0.05, 0.1) is 0 Å². The summed E-state index contributed by atoms with van der Waals surface area (Å²) in [6, 6.07) is 8.00. The fourth-order valence-electron chi connectivity index (χ4n) is 2.88. The number of carbonyl (C=O) groups is 1. The number of anilines is 1. The Balaban J connectivity index is 1.96. The molecule has 3 nitrogen and oxygen atoms in total. The number of aryl methyl sites for hydroxylation is 2. The van der Waals surface area contributed by atoms with Crippen LogP contribution in [0, 0.1) is 0 Å². The highest BCUT2D eigenvalue weighted by Gasteiger charge is 2.23. The standard InChI is InChI=1S/C17H19NO2S/c1-3-11-8-9-21-17(11)16(20)13-4-6-14-12(10-13)5-7-15(19)18(14)2/h4,6,8-10,16,20H,3,5,7H2,1-2H3. The highest BCUT2D eigenvalue weighted by Crippen LogP contribution is 2.34. The van der Waals surface area contributed by atoms with Gasteiger partial charge in [-0.05, 0) is 47.0 Å². The summed E-state index contributed by atoms with van der Waals surface area (Å²) in [5.74, 6) is 0.155. The summed E-state index contributed by atoms with van der Waals surface area (Å²) in [5, 5.41) is 12.7. The van der Waals surface area contributed by atoms with E-state index >= 15 is 0 Å². The van der Waals surface area contributed by atoms with Gasteiger partial charge >= 0.3 is 0 Å². The number of aliphatic hydroxyl groups is 1. The number of aliphatic hydroxyl groups excluding tert-OH is 1. The Morgan fingerprint density at radius 2 is 2.14 bits per heavy atom. The van der Waals surface area contributed by atoms with Crippen LogP contribution >= 0.6 is 11.3 Å². The van der Waals surface area contributed by atoms with E-state index in [4.69, 9.17) is 0 Å². The molecule has 21 heavy (non-hydrogen) atoms. The fourth-order valence-corrected chi connectivity index (χ4v) is 3.89. The number of fused-ring (bicyclic) bond motifs is 1. The van der Waals surface area contributed by atoms with E-state index in [0.717, 1.165) is 34.5 Å². The lowest BCUT2D eigenvalue weighted by atomic mass is 9.96. The molecule has 0 fully saturated rings. The quantitative estimate of drug-likeness (QED) is 0.945. The van der Waals surface area contributed by atoms with Gasteiger partial charge in [-0.15, -0.1) is 11.3 Å². The van der Waals surface area contributed by atoms with Gasteiger partial charge in [-0.1, -0.05) is 19.1 Å². The summed E-state index contributed by atoms with van der Waals surface area (Å²) in [6.45, 7) is 2.10. The summed E-state index contributed by atoms with van der Waals surface area (Å²) in [6.07, 6.45) is 1.65. The molecule has 1 amide bonds. The van der Waals surface area contributed by atoms with E-state index in [1.165, 1.54) is 5.56 Å². The van der Waals surface area contributed by atoms with E-state index in [1.54, 1.807) is 16.2 Å². The van der Waals surface area contributed by atoms with Crippen molar-refractivity contribution in [3.05, 3.63) is 51.2 Å². The third-order valence-electron chi connectivity index (χ3n) is 4.17. The van der Waals surface area contributed by atoms with Crippen molar-refractivity contribution in [2.45, 2.75) is 32.3 Å². The van der Waals surface area contributed by atoms with E-state index in [1.807, 2.05) is 30.6 Å². The van der Waals surface area contributed by atoms with Crippen molar-refractivity contribution in [1.29, 1.82) is 0 Å². The van der Waals surface area contributed by atoms with Crippen molar-refractivity contribution in [2.24, 2.45) is 0 Å². The van der Waals surface area contributed by atoms with Crippen LogP contribution in [-0.2, 0) is 17.6 Å². The van der Waals surface area contributed by atoms with Crippen LogP contribution in [0.25, 0.3) is 0 Å². The molecule has 0 aliphatic carbocycles. The zero-order valence-corrected chi connectivity index (χ0v) is 13.1. The smallest absolute Gasteiger partial charge is 0.227 e. The largest absolute Gasteiger partial charge is 0.383 e. The van der Waals surface area contributed by atoms with Crippen LogP contribution in [0.1, 0.15) is 41.0 Å². The third-order valence-corrected chi connectivity index (χ3v) is 5.18. The van der Waals surface area contributed by atoms with Crippen molar-refractivity contribution >= 4 is 22.9 Å². The molecular weight excluding hydrogens is 282 g/mol. The van der Waals surface area contributed by atoms with Crippen molar-refractivity contribution < 1.29 is 9.90 Å². The number of thiophene rings is 1. The zero-order chi connectivity index (χ0) is 15.0. The minimum Gasteiger partial charge on any atom is -0.383 e. The molecule has 3 rings (SSSR count). The number of hydrogen-bond acceptors (Lipinski definition) is 3. The normalized spacial score (nSPS) is 16.0. The lowest BCUT2D eigenvalue weighted by molar-refractivity contribution is -0.118. The SMILES string of the molecule is CCc1ccsc1C(O)c1ccc2c(c1)CCC(=O)N2C. The minimum atomic E-state index is -0.576. The number of carbonyl (C=O) groups excluding carboxylic acids is 1. The first kappa shape index (κ1) is 14.3. The van der Waals surface area contributed by atoms with Crippen molar-refractivity contribution in [3.8, 4) is 0 Å². The van der Waals surface area contributed by atoms with Crippen LogP contribution in [0.5, 0.6) is 0 Å². The molecule has 2 heterocycles. The lowest BCUT2D eigenvalue weighted by Gasteiger charge is -2.26. The second-order valence-electron chi connectivity index (χ2n) is 5.41. The first-order valence-corrected chi connectivity index (χ1v) is 8.13. The van der Waals surface area contributed by atoms with E-state index in [0.29, 0.717) is 6.42 Å². The summed E-state index contributed by atoms with van der Waals surface area (Å²) < 4.78 is 0. The van der Waals surface area contributed by atoms with Crippen LogP contribution < -0.4 is 4.90 Å². The maximum atomic E-state index is 11.7. The molecule has 0 spiro atoms. The van der Waals surface area contributed by atoms with Crippen molar-refractivity contribution in [2.75, 3.05) is 11.9 Å². The summed E-state index contributed by atoms with van der Waals surface area (Å²) >= 11 is 1.60. The second kappa shape index (κ2) is 5.62. The maximum Gasteiger partial charge on any atom is 0.227 e. The van der Waals surface area contributed by atoms with Crippen LogP contribution in [-0.4, -0.2) is 18.1 Å². The summed E-state index contributed by atoms with van der Waals surface area (Å²) in [5.41, 5.74) is 4.22. The average molecular weight is 301 g/mol. The monoisotopic (exact) mass is 301 g/mol. The molecular formula is C17H19NO2S. The molecule has 1 atom stereocenters. The number of rotatable bonds is 3. The predicted molar refractivity (Wildman–Crippen MR) is 85.9 cm³/mol. The average Bonchev–Trinajstić information content (AvgIpc) is 2.98. The van der Waals surface area contributed by atoms with Gasteiger partial charge in [-0.25, -0.2) is 0 Å². The van der Waals surface area contributed by atoms with Gasteiger partial charge in [0.1, 0.15) is 6.10 Å². The van der Waals surface area contributed by atoms with E-state index in [9.17, 15) is 9.90 Å². The van der Waals surface area contributed by atoms with E-state index < -0.39 is 6.10 Å². The highest BCUT2D eigenvalue weighted by molar-refractivity contribution is 7.10. The van der Waals surface area contributed by atoms with Gasteiger partial charge < -0.3 is 10.0 Å². The van der Waals surface area contributed by atoms with Gasteiger partial charge in [-0.2, -0.15) is 0 Å². The Kier molecular flexibility index (Phi) is 3.83. The topological polar surface area (TPSA) is 40.5 Å². The Morgan fingerprint density at radius 3 is 2.90 bits per heavy atom.